The Morgan fingerprint density at radius 1 is 0.923 bits per heavy atom. The van der Waals surface area contributed by atoms with Gasteiger partial charge < -0.3 is 9.88 Å². The van der Waals surface area contributed by atoms with Crippen LogP contribution in [0, 0.1) is 0 Å². The fourth-order valence-corrected chi connectivity index (χ4v) is 2.84. The third kappa shape index (κ3) is 3.32. The number of aromatic nitrogens is 4. The summed E-state index contributed by atoms with van der Waals surface area (Å²) in [5, 5.41) is 3.12. The average molecular weight is 341 g/mol. The molecule has 1 N–H and O–H groups in total. The number of benzene rings is 2. The van der Waals surface area contributed by atoms with Gasteiger partial charge in [0.25, 0.3) is 0 Å². The summed E-state index contributed by atoms with van der Waals surface area (Å²) in [6, 6.07) is 20.4. The van der Waals surface area contributed by atoms with Gasteiger partial charge in [-0.15, -0.1) is 0 Å². The fourth-order valence-electron chi connectivity index (χ4n) is 2.84. The normalized spacial score (nSPS) is 11.3. The molecular weight excluding hydrogens is 322 g/mol. The molecule has 0 saturated heterocycles. The third-order valence-electron chi connectivity index (χ3n) is 4.14. The van der Waals surface area contributed by atoms with Gasteiger partial charge in [-0.3, -0.25) is 0 Å². The smallest absolute Gasteiger partial charge is 0.166 e. The van der Waals surface area contributed by atoms with Crippen molar-refractivity contribution in [3.8, 4) is 0 Å². The Labute approximate surface area is 152 Å². The largest absolute Gasteiger partial charge is 0.371 e. The van der Waals surface area contributed by atoms with Gasteiger partial charge in [0.15, 0.2) is 17.3 Å². The van der Waals surface area contributed by atoms with Crippen molar-refractivity contribution < 1.29 is 0 Å². The zero-order chi connectivity index (χ0) is 17.8. The number of anilines is 1. The van der Waals surface area contributed by atoms with Crippen molar-refractivity contribution in [2.75, 3.05) is 12.4 Å². The van der Waals surface area contributed by atoms with E-state index in [-0.39, 0.29) is 0 Å². The van der Waals surface area contributed by atoms with Crippen LogP contribution in [0.3, 0.4) is 0 Å². The molecule has 0 unspecified atom stereocenters. The average Bonchev–Trinajstić information content (AvgIpc) is 3.10. The van der Waals surface area contributed by atoms with Crippen LogP contribution >= 0.6 is 0 Å². The number of imidazole rings is 1. The van der Waals surface area contributed by atoms with Gasteiger partial charge >= 0.3 is 0 Å². The summed E-state index contributed by atoms with van der Waals surface area (Å²) < 4.78 is 2.05. The van der Waals surface area contributed by atoms with Crippen LogP contribution in [0.25, 0.3) is 23.3 Å². The summed E-state index contributed by atoms with van der Waals surface area (Å²) in [6.07, 6.45) is 5.76. The molecule has 0 radical (unpaired) electrons. The minimum atomic E-state index is 0.653. The van der Waals surface area contributed by atoms with Crippen molar-refractivity contribution in [3.63, 3.8) is 0 Å². The topological polar surface area (TPSA) is 55.6 Å². The second-order valence-corrected chi connectivity index (χ2v) is 5.95. The first-order valence-electron chi connectivity index (χ1n) is 8.51. The van der Waals surface area contributed by atoms with Crippen molar-refractivity contribution >= 4 is 29.1 Å². The second kappa shape index (κ2) is 7.19. The highest BCUT2D eigenvalue weighted by Crippen LogP contribution is 2.20. The minimum Gasteiger partial charge on any atom is -0.371 e. The standard InChI is InChI=1S/C21H19N5/c1-22-20-19-21(26(15-23-19)14-17-10-6-3-7-11-17)25-18(24-20)13-12-16-8-4-2-5-9-16/h2-13,15H,14H2,1H3,(H,22,24,25)/b13-12+. The molecule has 0 aliphatic heterocycles. The summed E-state index contributed by atoms with van der Waals surface area (Å²) in [5.41, 5.74) is 3.92. The van der Waals surface area contributed by atoms with Crippen LogP contribution in [0.4, 0.5) is 5.82 Å². The Morgan fingerprint density at radius 3 is 2.38 bits per heavy atom. The molecule has 0 aliphatic carbocycles. The van der Waals surface area contributed by atoms with E-state index in [1.165, 1.54) is 5.56 Å². The molecule has 2 aromatic heterocycles. The molecule has 0 bridgehead atoms. The van der Waals surface area contributed by atoms with Crippen LogP contribution < -0.4 is 5.32 Å². The highest BCUT2D eigenvalue weighted by molar-refractivity contribution is 5.84. The van der Waals surface area contributed by atoms with Crippen LogP contribution in [0.15, 0.2) is 67.0 Å². The molecule has 5 nitrogen and oxygen atoms in total. The third-order valence-corrected chi connectivity index (χ3v) is 4.14. The summed E-state index contributed by atoms with van der Waals surface area (Å²) in [6.45, 7) is 0.722. The van der Waals surface area contributed by atoms with Gasteiger partial charge in [0.2, 0.25) is 0 Å². The Bertz CT molecular complexity index is 1040. The van der Waals surface area contributed by atoms with E-state index in [9.17, 15) is 0 Å². The van der Waals surface area contributed by atoms with Crippen LogP contribution in [0.2, 0.25) is 0 Å². The van der Waals surface area contributed by atoms with E-state index in [0.29, 0.717) is 5.82 Å². The Hall–Kier alpha value is -3.47. The molecule has 4 aromatic rings. The van der Waals surface area contributed by atoms with E-state index >= 15 is 0 Å². The highest BCUT2D eigenvalue weighted by atomic mass is 15.1. The number of nitrogens with zero attached hydrogens (tertiary/aromatic N) is 4. The van der Waals surface area contributed by atoms with Crippen LogP contribution in [-0.4, -0.2) is 26.6 Å². The number of hydrogen-bond acceptors (Lipinski definition) is 4. The van der Waals surface area contributed by atoms with Gasteiger partial charge in [-0.1, -0.05) is 66.7 Å². The van der Waals surface area contributed by atoms with Crippen molar-refractivity contribution in [1.82, 2.24) is 19.5 Å². The van der Waals surface area contributed by atoms with E-state index in [2.05, 4.69) is 27.4 Å². The summed E-state index contributed by atoms with van der Waals surface area (Å²) >= 11 is 0. The molecule has 0 spiro atoms. The van der Waals surface area contributed by atoms with Gasteiger partial charge in [0.05, 0.1) is 12.9 Å². The zero-order valence-corrected chi connectivity index (χ0v) is 14.5. The van der Waals surface area contributed by atoms with Crippen molar-refractivity contribution in [1.29, 1.82) is 0 Å². The molecule has 128 valence electrons. The van der Waals surface area contributed by atoms with Gasteiger partial charge in [0.1, 0.15) is 5.52 Å². The molecule has 0 aliphatic rings. The van der Waals surface area contributed by atoms with E-state index in [1.54, 1.807) is 0 Å². The maximum atomic E-state index is 4.72. The van der Waals surface area contributed by atoms with E-state index in [4.69, 9.17) is 4.98 Å². The monoisotopic (exact) mass is 341 g/mol. The minimum absolute atomic E-state index is 0.653. The first-order valence-corrected chi connectivity index (χ1v) is 8.51. The van der Waals surface area contributed by atoms with Gasteiger partial charge in [-0.05, 0) is 17.2 Å². The molecule has 0 fully saturated rings. The summed E-state index contributed by atoms with van der Waals surface area (Å²) in [5.74, 6) is 1.38. The van der Waals surface area contributed by atoms with Gasteiger partial charge in [0, 0.05) is 7.05 Å². The number of rotatable bonds is 5. The summed E-state index contributed by atoms with van der Waals surface area (Å²) in [4.78, 5) is 13.8. The van der Waals surface area contributed by atoms with Crippen molar-refractivity contribution in [2.24, 2.45) is 0 Å². The maximum Gasteiger partial charge on any atom is 0.166 e. The lowest BCUT2D eigenvalue weighted by molar-refractivity contribution is 0.812. The molecule has 0 saturated carbocycles. The highest BCUT2D eigenvalue weighted by Gasteiger charge is 2.11. The predicted octanol–water partition coefficient (Wildman–Crippen LogP) is 4.09. The molecule has 2 heterocycles. The van der Waals surface area contributed by atoms with Gasteiger partial charge in [-0.25, -0.2) is 15.0 Å². The van der Waals surface area contributed by atoms with Crippen LogP contribution in [0.5, 0.6) is 0 Å². The first-order chi connectivity index (χ1) is 12.8. The molecule has 5 heteroatoms. The first kappa shape index (κ1) is 16.0. The van der Waals surface area contributed by atoms with Crippen LogP contribution in [-0.2, 0) is 6.54 Å². The fraction of sp³-hybridized carbons (Fsp3) is 0.0952. The molecule has 4 rings (SSSR count). The second-order valence-electron chi connectivity index (χ2n) is 5.95. The lowest BCUT2D eigenvalue weighted by Crippen LogP contribution is -2.03. The number of fused-ring (bicyclic) bond motifs is 1. The predicted molar refractivity (Wildman–Crippen MR) is 106 cm³/mol. The van der Waals surface area contributed by atoms with E-state index < -0.39 is 0 Å². The molecule has 2 aromatic carbocycles. The SMILES string of the molecule is CNc1nc(/C=C/c2ccccc2)nc2c1ncn2Cc1ccccc1. The summed E-state index contributed by atoms with van der Waals surface area (Å²) in [7, 11) is 1.85. The van der Waals surface area contributed by atoms with Crippen molar-refractivity contribution in [2.45, 2.75) is 6.54 Å². The van der Waals surface area contributed by atoms with Crippen molar-refractivity contribution in [3.05, 3.63) is 83.9 Å². The lowest BCUT2D eigenvalue weighted by Gasteiger charge is -2.06. The molecule has 0 amide bonds. The van der Waals surface area contributed by atoms with Gasteiger partial charge in [-0.2, -0.15) is 0 Å². The molecule has 0 atom stereocenters. The maximum absolute atomic E-state index is 4.72. The van der Waals surface area contributed by atoms with E-state index in [0.717, 1.165) is 29.1 Å². The number of hydrogen-bond donors (Lipinski definition) is 1. The quantitative estimate of drug-likeness (QED) is 0.594. The molecule has 26 heavy (non-hydrogen) atoms. The Balaban J connectivity index is 1.73. The Kier molecular flexibility index (Phi) is 4.43. The Morgan fingerprint density at radius 2 is 1.65 bits per heavy atom. The lowest BCUT2D eigenvalue weighted by atomic mass is 10.2. The molecular formula is C21H19N5. The zero-order valence-electron chi connectivity index (χ0n) is 14.5. The van der Waals surface area contributed by atoms with E-state index in [1.807, 2.05) is 78.6 Å². The van der Waals surface area contributed by atoms with Crippen LogP contribution in [0.1, 0.15) is 17.0 Å². The number of nitrogens with one attached hydrogen (secondary N) is 1.